The van der Waals surface area contributed by atoms with Gasteiger partial charge in [-0.15, -0.1) is 0 Å². The summed E-state index contributed by atoms with van der Waals surface area (Å²) in [7, 11) is 0. The van der Waals surface area contributed by atoms with Crippen LogP contribution in [0.2, 0.25) is 0 Å². The number of hydrogen-bond donors (Lipinski definition) is 1. The molecule has 0 radical (unpaired) electrons. The number of piperidine rings is 1. The van der Waals surface area contributed by atoms with Gasteiger partial charge in [0.1, 0.15) is 6.04 Å². The van der Waals surface area contributed by atoms with Gasteiger partial charge in [0.15, 0.2) is 0 Å². The minimum absolute atomic E-state index is 0.318. The average molecular weight is 220 g/mol. The fourth-order valence-electron chi connectivity index (χ4n) is 2.18. The Morgan fingerprint density at radius 3 is 2.88 bits per heavy atom. The summed E-state index contributed by atoms with van der Waals surface area (Å²) in [5.74, 6) is -0.700. The molecule has 1 unspecified atom stereocenters. The molecular formula is C12H16N2O2. The lowest BCUT2D eigenvalue weighted by Gasteiger charge is -2.32. The molecule has 0 saturated carbocycles. The third-order valence-electron chi connectivity index (χ3n) is 3.03. The van der Waals surface area contributed by atoms with Gasteiger partial charge in [-0.05, 0) is 37.1 Å². The van der Waals surface area contributed by atoms with Crippen LogP contribution in [-0.2, 0) is 11.3 Å². The molecule has 4 heteroatoms. The van der Waals surface area contributed by atoms with Crippen molar-refractivity contribution in [2.24, 2.45) is 0 Å². The third kappa shape index (κ3) is 2.58. The van der Waals surface area contributed by atoms with E-state index in [4.69, 9.17) is 5.11 Å². The molecule has 0 bridgehead atoms. The quantitative estimate of drug-likeness (QED) is 0.839. The van der Waals surface area contributed by atoms with Crippen molar-refractivity contribution in [3.63, 3.8) is 0 Å². The smallest absolute Gasteiger partial charge is 0.320 e. The lowest BCUT2D eigenvalue weighted by atomic mass is 10.0. The van der Waals surface area contributed by atoms with Gasteiger partial charge in [-0.3, -0.25) is 14.7 Å². The number of carboxylic acid groups (broad SMARTS) is 1. The number of rotatable bonds is 3. The van der Waals surface area contributed by atoms with Crippen molar-refractivity contribution in [3.8, 4) is 0 Å². The maximum absolute atomic E-state index is 11.1. The molecule has 1 aromatic heterocycles. The van der Waals surface area contributed by atoms with Crippen molar-refractivity contribution in [1.29, 1.82) is 0 Å². The molecule has 0 aliphatic carbocycles. The highest BCUT2D eigenvalue weighted by molar-refractivity contribution is 5.73. The number of carbonyl (C=O) groups is 1. The molecule has 0 aromatic carbocycles. The molecule has 0 spiro atoms. The largest absolute Gasteiger partial charge is 0.480 e. The van der Waals surface area contributed by atoms with Crippen molar-refractivity contribution < 1.29 is 9.90 Å². The van der Waals surface area contributed by atoms with E-state index in [1.54, 1.807) is 12.4 Å². The molecule has 1 aliphatic rings. The first kappa shape index (κ1) is 11.1. The van der Waals surface area contributed by atoms with Crippen LogP contribution in [0.1, 0.15) is 24.8 Å². The van der Waals surface area contributed by atoms with Crippen molar-refractivity contribution in [2.75, 3.05) is 6.54 Å². The van der Waals surface area contributed by atoms with Gasteiger partial charge in [-0.2, -0.15) is 0 Å². The summed E-state index contributed by atoms with van der Waals surface area (Å²) < 4.78 is 0. The summed E-state index contributed by atoms with van der Waals surface area (Å²) >= 11 is 0. The number of aliphatic carboxylic acids is 1. The van der Waals surface area contributed by atoms with E-state index < -0.39 is 5.97 Å². The van der Waals surface area contributed by atoms with Crippen LogP contribution in [-0.4, -0.2) is 33.5 Å². The second-order valence-electron chi connectivity index (χ2n) is 4.18. The second kappa shape index (κ2) is 5.07. The molecule has 86 valence electrons. The molecule has 0 amide bonds. The van der Waals surface area contributed by atoms with Crippen LogP contribution in [0, 0.1) is 0 Å². The molecule has 2 heterocycles. The Hall–Kier alpha value is -1.42. The van der Waals surface area contributed by atoms with E-state index >= 15 is 0 Å². The summed E-state index contributed by atoms with van der Waals surface area (Å²) in [4.78, 5) is 17.1. The molecule has 1 aliphatic heterocycles. The second-order valence-corrected chi connectivity index (χ2v) is 4.18. The van der Waals surface area contributed by atoms with Crippen molar-refractivity contribution in [1.82, 2.24) is 9.88 Å². The Labute approximate surface area is 94.9 Å². The predicted molar refractivity (Wildman–Crippen MR) is 59.9 cm³/mol. The Morgan fingerprint density at radius 2 is 2.19 bits per heavy atom. The highest BCUT2D eigenvalue weighted by Crippen LogP contribution is 2.19. The zero-order valence-corrected chi connectivity index (χ0v) is 9.17. The standard InChI is InChI=1S/C12H16N2O2/c15-12(16)11-3-1-2-8-14(11)9-10-4-6-13-7-5-10/h4-7,11H,1-3,8-9H2,(H,15,16). The fraction of sp³-hybridized carbons (Fsp3) is 0.500. The highest BCUT2D eigenvalue weighted by Gasteiger charge is 2.27. The average Bonchev–Trinajstić information content (AvgIpc) is 2.31. The summed E-state index contributed by atoms with van der Waals surface area (Å²) in [5, 5.41) is 9.13. The summed E-state index contributed by atoms with van der Waals surface area (Å²) in [6.45, 7) is 1.58. The molecular weight excluding hydrogens is 204 g/mol. The van der Waals surface area contributed by atoms with E-state index in [-0.39, 0.29) is 6.04 Å². The fourth-order valence-corrected chi connectivity index (χ4v) is 2.18. The van der Waals surface area contributed by atoms with Gasteiger partial charge in [0.05, 0.1) is 0 Å². The normalized spacial score (nSPS) is 21.9. The molecule has 1 atom stereocenters. The van der Waals surface area contributed by atoms with Crippen LogP contribution in [0.5, 0.6) is 0 Å². The van der Waals surface area contributed by atoms with Crippen LogP contribution >= 0.6 is 0 Å². The molecule has 1 aromatic rings. The highest BCUT2D eigenvalue weighted by atomic mass is 16.4. The number of carboxylic acids is 1. The van der Waals surface area contributed by atoms with E-state index in [0.29, 0.717) is 6.54 Å². The van der Waals surface area contributed by atoms with Crippen LogP contribution in [0.4, 0.5) is 0 Å². The van der Waals surface area contributed by atoms with Crippen molar-refractivity contribution in [3.05, 3.63) is 30.1 Å². The van der Waals surface area contributed by atoms with Gasteiger partial charge in [0, 0.05) is 18.9 Å². The topological polar surface area (TPSA) is 53.4 Å². The summed E-state index contributed by atoms with van der Waals surface area (Å²) in [6.07, 6.45) is 6.36. The number of pyridine rings is 1. The molecule has 4 nitrogen and oxygen atoms in total. The molecule has 16 heavy (non-hydrogen) atoms. The van der Waals surface area contributed by atoms with Crippen LogP contribution in [0.15, 0.2) is 24.5 Å². The van der Waals surface area contributed by atoms with Crippen molar-refractivity contribution in [2.45, 2.75) is 31.8 Å². The molecule has 1 saturated heterocycles. The lowest BCUT2D eigenvalue weighted by Crippen LogP contribution is -2.43. The van der Waals surface area contributed by atoms with Gasteiger partial charge in [-0.1, -0.05) is 6.42 Å². The maximum atomic E-state index is 11.1. The monoisotopic (exact) mass is 220 g/mol. The Bertz CT molecular complexity index is 353. The first-order valence-electron chi connectivity index (χ1n) is 5.63. The Morgan fingerprint density at radius 1 is 1.44 bits per heavy atom. The summed E-state index contributed by atoms with van der Waals surface area (Å²) in [5.41, 5.74) is 1.13. The molecule has 1 fully saturated rings. The number of nitrogens with zero attached hydrogens (tertiary/aromatic N) is 2. The van der Waals surface area contributed by atoms with E-state index in [1.807, 2.05) is 17.0 Å². The van der Waals surface area contributed by atoms with Gasteiger partial charge in [0.25, 0.3) is 0 Å². The third-order valence-corrected chi connectivity index (χ3v) is 3.03. The lowest BCUT2D eigenvalue weighted by molar-refractivity contribution is -0.144. The SMILES string of the molecule is O=C(O)C1CCCCN1Cc1ccncc1. The number of aromatic nitrogens is 1. The minimum atomic E-state index is -0.700. The number of likely N-dealkylation sites (tertiary alicyclic amines) is 1. The van der Waals surface area contributed by atoms with Gasteiger partial charge >= 0.3 is 5.97 Å². The first-order valence-corrected chi connectivity index (χ1v) is 5.63. The van der Waals surface area contributed by atoms with E-state index in [0.717, 1.165) is 31.4 Å². The van der Waals surface area contributed by atoms with E-state index in [1.165, 1.54) is 0 Å². The van der Waals surface area contributed by atoms with Crippen LogP contribution in [0.25, 0.3) is 0 Å². The van der Waals surface area contributed by atoms with Crippen molar-refractivity contribution >= 4 is 5.97 Å². The van der Waals surface area contributed by atoms with Crippen LogP contribution < -0.4 is 0 Å². The summed E-state index contributed by atoms with van der Waals surface area (Å²) in [6, 6.07) is 3.56. The first-order chi connectivity index (χ1) is 7.77. The van der Waals surface area contributed by atoms with Gasteiger partial charge in [-0.25, -0.2) is 0 Å². The molecule has 2 rings (SSSR count). The zero-order valence-electron chi connectivity index (χ0n) is 9.17. The molecule has 1 N–H and O–H groups in total. The zero-order chi connectivity index (χ0) is 11.4. The Kier molecular flexibility index (Phi) is 3.51. The maximum Gasteiger partial charge on any atom is 0.320 e. The van der Waals surface area contributed by atoms with Gasteiger partial charge < -0.3 is 5.11 Å². The van der Waals surface area contributed by atoms with E-state index in [2.05, 4.69) is 4.98 Å². The van der Waals surface area contributed by atoms with Gasteiger partial charge in [0.2, 0.25) is 0 Å². The number of hydrogen-bond acceptors (Lipinski definition) is 3. The van der Waals surface area contributed by atoms with E-state index in [9.17, 15) is 4.79 Å². The minimum Gasteiger partial charge on any atom is -0.480 e. The van der Waals surface area contributed by atoms with Crippen LogP contribution in [0.3, 0.4) is 0 Å². The predicted octanol–water partition coefficient (Wildman–Crippen LogP) is 1.52. The Balaban J connectivity index is 2.04.